The lowest BCUT2D eigenvalue weighted by atomic mass is 11.3. The van der Waals surface area contributed by atoms with Crippen LogP contribution in [0.25, 0.3) is 0 Å². The molecule has 0 aliphatic heterocycles. The first-order valence-corrected chi connectivity index (χ1v) is 5.92. The van der Waals surface area contributed by atoms with Crippen molar-refractivity contribution < 1.29 is 39.5 Å². The summed E-state index contributed by atoms with van der Waals surface area (Å²) in [7, 11) is 0. The summed E-state index contributed by atoms with van der Waals surface area (Å²) in [6.45, 7) is -1.28. The zero-order valence-corrected chi connectivity index (χ0v) is 10.2. The van der Waals surface area contributed by atoms with E-state index < -0.39 is 62.7 Å². The van der Waals surface area contributed by atoms with Crippen molar-refractivity contribution in [3.8, 4) is 0 Å². The van der Waals surface area contributed by atoms with Gasteiger partial charge < -0.3 is 0 Å². The predicted octanol–water partition coefficient (Wildman–Crippen LogP) is 4.34. The second-order valence-electron chi connectivity index (χ2n) is 2.26. The van der Waals surface area contributed by atoms with Gasteiger partial charge in [0.15, 0.2) is 0 Å². The largest absolute Gasteiger partial charge is 0.457 e. The van der Waals surface area contributed by atoms with Gasteiger partial charge in [-0.2, -0.15) is 43.2 Å². The molecule has 0 aliphatic rings. The average molecular weight is 346 g/mol. The zero-order chi connectivity index (χ0) is 14.6. The molecule has 14 heteroatoms. The summed E-state index contributed by atoms with van der Waals surface area (Å²) in [5, 5.41) is 0. The number of halogens is 9. The van der Waals surface area contributed by atoms with Crippen molar-refractivity contribution in [1.29, 1.82) is 0 Å². The summed E-state index contributed by atoms with van der Waals surface area (Å²) in [4.78, 5) is 0. The Morgan fingerprint density at radius 1 is 0.722 bits per heavy atom. The van der Waals surface area contributed by atoms with E-state index in [0.29, 0.717) is 0 Å². The summed E-state index contributed by atoms with van der Waals surface area (Å²) >= 11 is -3.31. The minimum absolute atomic E-state index is 0.390. The molecule has 0 heterocycles. The Bertz CT molecular complexity index is 232. The van der Waals surface area contributed by atoms with Crippen molar-refractivity contribution in [2.45, 2.75) is 16.5 Å². The van der Waals surface area contributed by atoms with Crippen molar-refractivity contribution in [2.75, 3.05) is 6.67 Å². The minimum Gasteiger partial charge on any atom is -0.241 e. The van der Waals surface area contributed by atoms with Gasteiger partial charge in [-0.1, -0.05) is 0 Å². The highest BCUT2D eigenvalue weighted by atomic mass is 32.2. The molecule has 0 rings (SSSR count). The number of alkyl halides is 9. The summed E-state index contributed by atoms with van der Waals surface area (Å²) in [6.07, 6.45) is 0. The Hall–Kier alpha value is 0.340. The van der Waals surface area contributed by atoms with Gasteiger partial charge in [0.2, 0.25) is 0 Å². The molecule has 0 atom stereocenters. The van der Waals surface area contributed by atoms with Crippen molar-refractivity contribution in [3.63, 3.8) is 0 Å². The Labute approximate surface area is 107 Å². The van der Waals surface area contributed by atoms with Crippen LogP contribution < -0.4 is 4.72 Å². The van der Waals surface area contributed by atoms with Crippen LogP contribution in [0.1, 0.15) is 0 Å². The molecule has 1 N–H and O–H groups in total. The van der Waals surface area contributed by atoms with Crippen LogP contribution in [0.15, 0.2) is 0 Å². The first-order valence-electron chi connectivity index (χ1n) is 3.55. The van der Waals surface area contributed by atoms with E-state index in [2.05, 4.69) is 0 Å². The van der Waals surface area contributed by atoms with E-state index in [1.165, 1.54) is 4.72 Å². The first kappa shape index (κ1) is 18.3. The standard InChI is InChI=1S/C4H3F9N2S3/c5-2(6,7)16-14-1-15(17-3(8,9)10)18-4(11,12)13/h14H,1H2. The van der Waals surface area contributed by atoms with Gasteiger partial charge in [0.1, 0.15) is 0 Å². The topological polar surface area (TPSA) is 15.3 Å². The molecule has 0 saturated carbocycles. The maximum absolute atomic E-state index is 11.8. The SMILES string of the molecule is FC(F)(F)SNCN(SC(F)(F)F)SC(F)(F)F. The molecule has 0 aromatic carbocycles. The van der Waals surface area contributed by atoms with Crippen LogP contribution in [0.5, 0.6) is 0 Å². The van der Waals surface area contributed by atoms with E-state index >= 15 is 0 Å². The highest BCUT2D eigenvalue weighted by Crippen LogP contribution is 2.43. The Kier molecular flexibility index (Phi) is 6.80. The summed E-state index contributed by atoms with van der Waals surface area (Å²) < 4.78 is 107. The van der Waals surface area contributed by atoms with Crippen LogP contribution >= 0.6 is 35.8 Å². The number of nitrogens with zero attached hydrogens (tertiary/aromatic N) is 1. The molecule has 0 saturated heterocycles. The molecular weight excluding hydrogens is 343 g/mol. The number of hydrogen-bond donors (Lipinski definition) is 1. The molecule has 2 nitrogen and oxygen atoms in total. The van der Waals surface area contributed by atoms with E-state index in [9.17, 15) is 39.5 Å². The number of hydrogen-bond acceptors (Lipinski definition) is 5. The fourth-order valence-electron chi connectivity index (χ4n) is 0.481. The Morgan fingerprint density at radius 3 is 1.39 bits per heavy atom. The molecule has 0 aliphatic carbocycles. The van der Waals surface area contributed by atoms with Gasteiger partial charge in [-0.3, -0.25) is 0 Å². The van der Waals surface area contributed by atoms with Crippen LogP contribution in [-0.2, 0) is 0 Å². The number of rotatable bonds is 5. The fourth-order valence-corrected chi connectivity index (χ4v) is 2.38. The fraction of sp³-hybridized carbons (Fsp3) is 1.00. The lowest BCUT2D eigenvalue weighted by molar-refractivity contribution is -0.0383. The molecular formula is C4H3F9N2S3. The van der Waals surface area contributed by atoms with Gasteiger partial charge in [-0.25, -0.2) is 4.72 Å². The second kappa shape index (κ2) is 6.67. The Balaban J connectivity index is 4.31. The number of nitrogens with one attached hydrogen (secondary N) is 1. The molecule has 0 spiro atoms. The van der Waals surface area contributed by atoms with Gasteiger partial charge in [0.25, 0.3) is 0 Å². The highest BCUT2D eigenvalue weighted by Gasteiger charge is 2.40. The maximum atomic E-state index is 11.8. The van der Waals surface area contributed by atoms with Gasteiger partial charge in [0.05, 0.1) is 6.67 Å². The smallest absolute Gasteiger partial charge is 0.241 e. The minimum atomic E-state index is -5.04. The third-order valence-corrected chi connectivity index (χ3v) is 2.82. The van der Waals surface area contributed by atoms with Crippen LogP contribution in [-0.4, -0.2) is 26.9 Å². The van der Waals surface area contributed by atoms with Gasteiger partial charge in [-0.05, 0) is 0 Å². The molecule has 0 amide bonds. The summed E-state index contributed by atoms with van der Waals surface area (Å²) in [5.41, 5.74) is -14.9. The lowest BCUT2D eigenvalue weighted by Crippen LogP contribution is -2.28. The quantitative estimate of drug-likeness (QED) is 0.451. The maximum Gasteiger partial charge on any atom is 0.457 e. The van der Waals surface area contributed by atoms with Gasteiger partial charge >= 0.3 is 16.5 Å². The van der Waals surface area contributed by atoms with Crippen LogP contribution in [0.3, 0.4) is 0 Å². The zero-order valence-electron chi connectivity index (χ0n) is 7.78. The molecule has 0 bridgehead atoms. The van der Waals surface area contributed by atoms with E-state index in [0.717, 1.165) is 0 Å². The van der Waals surface area contributed by atoms with E-state index in [1.807, 2.05) is 0 Å². The predicted molar refractivity (Wildman–Crippen MR) is 50.8 cm³/mol. The van der Waals surface area contributed by atoms with E-state index in [-0.39, 0.29) is 0 Å². The van der Waals surface area contributed by atoms with E-state index in [1.54, 1.807) is 0 Å². The van der Waals surface area contributed by atoms with Crippen molar-refractivity contribution in [3.05, 3.63) is 0 Å². The third-order valence-electron chi connectivity index (χ3n) is 0.792. The van der Waals surface area contributed by atoms with Gasteiger partial charge in [0, 0.05) is 35.8 Å². The molecule has 0 unspecified atom stereocenters. The van der Waals surface area contributed by atoms with Crippen LogP contribution in [0, 0.1) is 0 Å². The molecule has 0 radical (unpaired) electrons. The Morgan fingerprint density at radius 2 is 1.11 bits per heavy atom. The normalized spacial score (nSPS) is 14.3. The molecule has 0 fully saturated rings. The second-order valence-corrected chi connectivity index (χ2v) is 5.62. The van der Waals surface area contributed by atoms with Crippen LogP contribution in [0.2, 0.25) is 0 Å². The highest BCUT2D eigenvalue weighted by molar-refractivity contribution is 8.12. The average Bonchev–Trinajstić information content (AvgIpc) is 1.93. The van der Waals surface area contributed by atoms with E-state index in [4.69, 9.17) is 0 Å². The summed E-state index contributed by atoms with van der Waals surface area (Å²) in [5.74, 6) is 0. The molecule has 110 valence electrons. The van der Waals surface area contributed by atoms with Crippen molar-refractivity contribution in [2.24, 2.45) is 0 Å². The van der Waals surface area contributed by atoms with Crippen molar-refractivity contribution in [1.82, 2.24) is 8.43 Å². The molecule has 18 heavy (non-hydrogen) atoms. The first-order chi connectivity index (χ1) is 7.79. The monoisotopic (exact) mass is 346 g/mol. The summed E-state index contributed by atoms with van der Waals surface area (Å²) in [6, 6.07) is 0. The van der Waals surface area contributed by atoms with Crippen molar-refractivity contribution >= 4 is 35.8 Å². The molecule has 0 aromatic heterocycles. The van der Waals surface area contributed by atoms with Crippen LogP contribution in [0.4, 0.5) is 39.5 Å². The lowest BCUT2D eigenvalue weighted by Gasteiger charge is -2.21. The third kappa shape index (κ3) is 12.8. The molecule has 0 aromatic rings. The van der Waals surface area contributed by atoms with Gasteiger partial charge in [-0.15, -0.1) is 0 Å².